The molecule has 1 aliphatic carbocycles. The van der Waals surface area contributed by atoms with Crippen LogP contribution in [0.1, 0.15) is 34.8 Å². The third kappa shape index (κ3) is 4.24. The zero-order valence-electron chi connectivity index (χ0n) is 15.4. The van der Waals surface area contributed by atoms with Crippen LogP contribution in [0.2, 0.25) is 5.02 Å². The Balaban J connectivity index is 0.000000180. The van der Waals surface area contributed by atoms with Crippen LogP contribution in [0.3, 0.4) is 0 Å². The van der Waals surface area contributed by atoms with Gasteiger partial charge in [0.25, 0.3) is 0 Å². The summed E-state index contributed by atoms with van der Waals surface area (Å²) in [5, 5.41) is 7.43. The fraction of sp³-hybridized carbons (Fsp3) is 0.474. The Morgan fingerprint density at radius 2 is 2.04 bits per heavy atom. The summed E-state index contributed by atoms with van der Waals surface area (Å²) in [6.45, 7) is 0. The normalized spacial score (nSPS) is 23.5. The largest absolute Gasteiger partial charge is 0.388 e. The highest BCUT2D eigenvalue weighted by Gasteiger charge is 2.40. The summed E-state index contributed by atoms with van der Waals surface area (Å²) in [5.41, 5.74) is 8.22. The van der Waals surface area contributed by atoms with Crippen LogP contribution in [0, 0.1) is 17.7 Å². The number of hydrogen-bond donors (Lipinski definition) is 2. The van der Waals surface area contributed by atoms with Gasteiger partial charge in [-0.3, -0.25) is 9.48 Å². The van der Waals surface area contributed by atoms with Gasteiger partial charge in [-0.2, -0.15) is 16.9 Å². The molecule has 2 atom stereocenters. The number of carbonyl (C=O) groups is 1. The van der Waals surface area contributed by atoms with Gasteiger partial charge in [-0.25, -0.2) is 4.39 Å². The second-order valence-corrected chi connectivity index (χ2v) is 8.51. The second-order valence-electron chi connectivity index (χ2n) is 7.03. The summed E-state index contributed by atoms with van der Waals surface area (Å²) in [7, 11) is 3.56. The van der Waals surface area contributed by atoms with E-state index in [4.69, 9.17) is 17.3 Å². The van der Waals surface area contributed by atoms with Gasteiger partial charge in [-0.1, -0.05) is 11.6 Å². The zero-order chi connectivity index (χ0) is 19.6. The molecule has 1 saturated heterocycles. The number of thioether (sulfide) groups is 1. The van der Waals surface area contributed by atoms with Crippen LogP contribution in [0.15, 0.2) is 18.2 Å². The van der Waals surface area contributed by atoms with Crippen molar-refractivity contribution in [2.75, 3.05) is 29.6 Å². The number of rotatable bonds is 3. The molecule has 0 spiro atoms. The monoisotopic (exact) mass is 410 g/mol. The Bertz CT molecular complexity index is 816. The summed E-state index contributed by atoms with van der Waals surface area (Å²) >= 11 is 7.54. The molecule has 1 aliphatic heterocycles. The molecule has 0 bridgehead atoms. The topological polar surface area (TPSA) is 72.9 Å². The highest BCUT2D eigenvalue weighted by molar-refractivity contribution is 7.99. The van der Waals surface area contributed by atoms with Crippen LogP contribution < -0.4 is 11.1 Å². The Morgan fingerprint density at radius 3 is 2.59 bits per heavy atom. The first-order valence-electron chi connectivity index (χ1n) is 8.92. The molecular formula is C19H24ClFN4OS. The molecule has 2 aromatic rings. The van der Waals surface area contributed by atoms with Crippen LogP contribution in [-0.4, -0.2) is 34.6 Å². The van der Waals surface area contributed by atoms with E-state index in [9.17, 15) is 9.18 Å². The molecule has 8 heteroatoms. The number of fused-ring (bicyclic) bond motifs is 1. The molecule has 2 fully saturated rings. The molecular weight excluding hydrogens is 387 g/mol. The third-order valence-electron chi connectivity index (χ3n) is 5.38. The summed E-state index contributed by atoms with van der Waals surface area (Å²) in [4.78, 5) is 11.1. The molecule has 4 rings (SSSR count). The van der Waals surface area contributed by atoms with Gasteiger partial charge in [0.05, 0.1) is 16.3 Å². The lowest BCUT2D eigenvalue weighted by Gasteiger charge is -2.08. The number of nitrogen functional groups attached to an aromatic ring is 1. The molecule has 2 unspecified atom stereocenters. The predicted octanol–water partition coefficient (Wildman–Crippen LogP) is 4.19. The van der Waals surface area contributed by atoms with E-state index in [1.807, 2.05) is 0 Å². The number of anilines is 2. The Morgan fingerprint density at radius 1 is 1.37 bits per heavy atom. The van der Waals surface area contributed by atoms with Gasteiger partial charge in [-0.15, -0.1) is 0 Å². The maximum Gasteiger partial charge on any atom is 0.155 e. The van der Waals surface area contributed by atoms with Crippen molar-refractivity contribution in [2.24, 2.45) is 18.9 Å². The molecule has 1 aromatic carbocycles. The average molecular weight is 411 g/mol. The van der Waals surface area contributed by atoms with E-state index in [-0.39, 0.29) is 10.8 Å². The van der Waals surface area contributed by atoms with Gasteiger partial charge in [0.2, 0.25) is 0 Å². The number of nitrogens with one attached hydrogen (secondary N) is 1. The number of carbonyl (C=O) groups excluding carboxylic acids is 1. The van der Waals surface area contributed by atoms with Gasteiger partial charge >= 0.3 is 0 Å². The van der Waals surface area contributed by atoms with Crippen molar-refractivity contribution in [3.63, 3.8) is 0 Å². The van der Waals surface area contributed by atoms with Crippen molar-refractivity contribution in [1.82, 2.24) is 9.78 Å². The van der Waals surface area contributed by atoms with Crippen molar-refractivity contribution < 1.29 is 9.18 Å². The lowest BCUT2D eigenvalue weighted by atomic mass is 9.99. The van der Waals surface area contributed by atoms with E-state index in [2.05, 4.69) is 22.2 Å². The van der Waals surface area contributed by atoms with E-state index in [1.165, 1.54) is 36.5 Å². The zero-order valence-corrected chi connectivity index (χ0v) is 17.0. The number of halogens is 2. The fourth-order valence-electron chi connectivity index (χ4n) is 3.86. The van der Waals surface area contributed by atoms with E-state index in [0.29, 0.717) is 17.3 Å². The van der Waals surface area contributed by atoms with Crippen molar-refractivity contribution in [3.05, 3.63) is 40.3 Å². The first-order chi connectivity index (χ1) is 12.9. The average Bonchev–Trinajstić information content (AvgIpc) is 3.32. The quantitative estimate of drug-likeness (QED) is 0.742. The van der Waals surface area contributed by atoms with E-state index < -0.39 is 0 Å². The Labute approximate surface area is 167 Å². The molecule has 0 radical (unpaired) electrons. The molecule has 2 heterocycles. The standard InChI is InChI=1S/C12H17N3OS.C7H7ClFN/c1-15-12(13)10(4-16)11(14-15)7-2-8-5-17-6-9(8)3-7;1-10-5-2-3-7(9)6(8)4-5/h4,7-9H,2-3,5-6,13H2,1H3;2-4,10H,1H3. The van der Waals surface area contributed by atoms with E-state index >= 15 is 0 Å². The molecule has 1 aromatic heterocycles. The van der Waals surface area contributed by atoms with Gasteiger partial charge in [0.1, 0.15) is 11.6 Å². The third-order valence-corrected chi connectivity index (χ3v) is 6.99. The Hall–Kier alpha value is -1.73. The smallest absolute Gasteiger partial charge is 0.155 e. The predicted molar refractivity (Wildman–Crippen MR) is 110 cm³/mol. The number of aldehydes is 1. The maximum atomic E-state index is 12.5. The van der Waals surface area contributed by atoms with Crippen molar-refractivity contribution >= 4 is 41.2 Å². The SMILES string of the molecule is CNc1ccc(F)c(Cl)c1.Cn1nc(C2CC3CSCC3C2)c(C=O)c1N. The maximum absolute atomic E-state index is 12.5. The van der Waals surface area contributed by atoms with Gasteiger partial charge in [0, 0.05) is 25.7 Å². The number of aryl methyl sites for hydroxylation is 1. The van der Waals surface area contributed by atoms with Gasteiger partial charge < -0.3 is 11.1 Å². The van der Waals surface area contributed by atoms with Crippen LogP contribution in [0.25, 0.3) is 0 Å². The number of aromatic nitrogens is 2. The van der Waals surface area contributed by atoms with Crippen LogP contribution in [-0.2, 0) is 7.05 Å². The first kappa shape index (κ1) is 20.0. The lowest BCUT2D eigenvalue weighted by Crippen LogP contribution is -2.01. The van der Waals surface area contributed by atoms with E-state index in [0.717, 1.165) is 29.5 Å². The highest BCUT2D eigenvalue weighted by atomic mass is 35.5. The van der Waals surface area contributed by atoms with Crippen LogP contribution in [0.4, 0.5) is 15.9 Å². The number of nitrogens with two attached hydrogens (primary N) is 1. The molecule has 27 heavy (non-hydrogen) atoms. The minimum atomic E-state index is -0.388. The first-order valence-corrected chi connectivity index (χ1v) is 10.5. The number of benzene rings is 1. The van der Waals surface area contributed by atoms with Gasteiger partial charge in [0.15, 0.2) is 6.29 Å². The fourth-order valence-corrected chi connectivity index (χ4v) is 5.60. The van der Waals surface area contributed by atoms with E-state index in [1.54, 1.807) is 24.8 Å². The molecule has 5 nitrogen and oxygen atoms in total. The minimum absolute atomic E-state index is 0.145. The van der Waals surface area contributed by atoms with Crippen LogP contribution >= 0.6 is 23.4 Å². The summed E-state index contributed by atoms with van der Waals surface area (Å²) in [6.07, 6.45) is 3.21. The summed E-state index contributed by atoms with van der Waals surface area (Å²) < 4.78 is 14.1. The number of hydrogen-bond acceptors (Lipinski definition) is 5. The molecule has 146 valence electrons. The van der Waals surface area contributed by atoms with Gasteiger partial charge in [-0.05, 0) is 54.4 Å². The summed E-state index contributed by atoms with van der Waals surface area (Å²) in [5.74, 6) is 4.76. The van der Waals surface area contributed by atoms with Crippen molar-refractivity contribution in [1.29, 1.82) is 0 Å². The molecule has 1 saturated carbocycles. The molecule has 2 aliphatic rings. The molecule has 3 N–H and O–H groups in total. The van der Waals surface area contributed by atoms with Crippen LogP contribution in [0.5, 0.6) is 0 Å². The lowest BCUT2D eigenvalue weighted by molar-refractivity contribution is 0.112. The molecule has 0 amide bonds. The van der Waals surface area contributed by atoms with Crippen molar-refractivity contribution in [3.8, 4) is 0 Å². The Kier molecular flexibility index (Phi) is 6.32. The number of nitrogens with zero attached hydrogens (tertiary/aromatic N) is 2. The second kappa shape index (κ2) is 8.52. The summed E-state index contributed by atoms with van der Waals surface area (Å²) in [6, 6.07) is 4.49. The van der Waals surface area contributed by atoms with Crippen molar-refractivity contribution in [2.45, 2.75) is 18.8 Å². The minimum Gasteiger partial charge on any atom is -0.388 e. The highest BCUT2D eigenvalue weighted by Crippen LogP contribution is 2.49.